The molecule has 0 bridgehead atoms. The average molecular weight is 218 g/mol. The molecule has 0 radical (unpaired) electrons. The third-order valence-corrected chi connectivity index (χ3v) is 3.82. The monoisotopic (exact) mass is 218 g/mol. The molecule has 0 fully saturated rings. The van der Waals surface area contributed by atoms with Crippen molar-refractivity contribution in [2.75, 3.05) is 5.32 Å². The minimum absolute atomic E-state index is 0. The zero-order valence-electron chi connectivity index (χ0n) is 10.2. The summed E-state index contributed by atoms with van der Waals surface area (Å²) in [6, 6.07) is 5.41. The number of hydrogen-bond donors (Lipinski definition) is 2. The summed E-state index contributed by atoms with van der Waals surface area (Å²) in [6.07, 6.45) is 7.78. The lowest BCUT2D eigenvalue weighted by Gasteiger charge is -2.11. The average Bonchev–Trinajstić information content (AvgIpc) is 2.80. The predicted molar refractivity (Wildman–Crippen MR) is 69.5 cm³/mol. The first-order chi connectivity index (χ1) is 7.38. The van der Waals surface area contributed by atoms with Crippen molar-refractivity contribution in [1.29, 1.82) is 0 Å². The van der Waals surface area contributed by atoms with Crippen molar-refractivity contribution >= 4 is 5.69 Å². The molecular formula is C14H22N2. The normalized spacial score (nSPS) is 20.9. The van der Waals surface area contributed by atoms with Gasteiger partial charge in [-0.05, 0) is 48.8 Å². The Balaban J connectivity index is 0.000000963. The summed E-state index contributed by atoms with van der Waals surface area (Å²) < 4.78 is 0. The number of benzene rings is 1. The fourth-order valence-electron chi connectivity index (χ4n) is 3.11. The van der Waals surface area contributed by atoms with Crippen LogP contribution >= 0.6 is 0 Å². The summed E-state index contributed by atoms with van der Waals surface area (Å²) in [5, 5.41) is 3.74. The standard InChI is InChI=1S/C14H19N.H3N/c1-2-4-12-9-11-8-7-10-5-3-6-13(10)14(11)15-12;/h7-8,12,15H,2-6,9H2,1H3;1H3. The Morgan fingerprint density at radius 3 is 2.88 bits per heavy atom. The third kappa shape index (κ3) is 1.71. The highest BCUT2D eigenvalue weighted by Crippen LogP contribution is 2.37. The molecule has 16 heavy (non-hydrogen) atoms. The molecular weight excluding hydrogens is 196 g/mol. The van der Waals surface area contributed by atoms with Crippen molar-refractivity contribution in [1.82, 2.24) is 6.15 Å². The van der Waals surface area contributed by atoms with Crippen LogP contribution in [0, 0.1) is 0 Å². The van der Waals surface area contributed by atoms with Crippen molar-refractivity contribution in [2.45, 2.75) is 51.5 Å². The van der Waals surface area contributed by atoms with E-state index in [1.54, 1.807) is 16.7 Å². The van der Waals surface area contributed by atoms with Gasteiger partial charge in [0.1, 0.15) is 0 Å². The lowest BCUT2D eigenvalue weighted by molar-refractivity contribution is 0.661. The van der Waals surface area contributed by atoms with Crippen LogP contribution in [0.2, 0.25) is 0 Å². The van der Waals surface area contributed by atoms with E-state index >= 15 is 0 Å². The van der Waals surface area contributed by atoms with Crippen molar-refractivity contribution in [2.24, 2.45) is 0 Å². The minimum Gasteiger partial charge on any atom is -0.382 e. The summed E-state index contributed by atoms with van der Waals surface area (Å²) in [7, 11) is 0. The number of rotatable bonds is 2. The van der Waals surface area contributed by atoms with E-state index in [9.17, 15) is 0 Å². The zero-order valence-corrected chi connectivity index (χ0v) is 10.2. The van der Waals surface area contributed by atoms with Gasteiger partial charge in [0.2, 0.25) is 0 Å². The van der Waals surface area contributed by atoms with Crippen molar-refractivity contribution in [3.8, 4) is 0 Å². The maximum absolute atomic E-state index is 3.74. The summed E-state index contributed by atoms with van der Waals surface area (Å²) in [4.78, 5) is 0. The molecule has 2 heteroatoms. The molecule has 1 aliphatic heterocycles. The summed E-state index contributed by atoms with van der Waals surface area (Å²) in [6.45, 7) is 2.27. The number of nitrogens with one attached hydrogen (secondary N) is 1. The Bertz CT molecular complexity index is 385. The lowest BCUT2D eigenvalue weighted by Crippen LogP contribution is -2.14. The van der Waals surface area contributed by atoms with E-state index < -0.39 is 0 Å². The Morgan fingerprint density at radius 1 is 1.25 bits per heavy atom. The molecule has 0 saturated heterocycles. The van der Waals surface area contributed by atoms with E-state index in [0.29, 0.717) is 6.04 Å². The summed E-state index contributed by atoms with van der Waals surface area (Å²) in [5.74, 6) is 0. The molecule has 4 N–H and O–H groups in total. The van der Waals surface area contributed by atoms with E-state index in [1.807, 2.05) is 0 Å². The van der Waals surface area contributed by atoms with Gasteiger partial charge in [-0.2, -0.15) is 0 Å². The van der Waals surface area contributed by atoms with Crippen LogP contribution in [-0.2, 0) is 19.3 Å². The molecule has 1 atom stereocenters. The highest BCUT2D eigenvalue weighted by Gasteiger charge is 2.25. The van der Waals surface area contributed by atoms with E-state index in [-0.39, 0.29) is 6.15 Å². The van der Waals surface area contributed by atoms with E-state index in [2.05, 4.69) is 24.4 Å². The molecule has 2 aliphatic rings. The quantitative estimate of drug-likeness (QED) is 0.798. The van der Waals surface area contributed by atoms with Gasteiger partial charge < -0.3 is 11.5 Å². The van der Waals surface area contributed by atoms with E-state index in [0.717, 1.165) is 0 Å². The maximum atomic E-state index is 3.74. The molecule has 0 amide bonds. The Hall–Kier alpha value is -1.02. The molecule has 1 aromatic carbocycles. The Labute approximate surface area is 98.0 Å². The minimum atomic E-state index is 0. The molecule has 88 valence electrons. The van der Waals surface area contributed by atoms with Gasteiger partial charge in [-0.3, -0.25) is 0 Å². The van der Waals surface area contributed by atoms with Crippen molar-refractivity contribution in [3.63, 3.8) is 0 Å². The second kappa shape index (κ2) is 4.46. The predicted octanol–water partition coefficient (Wildman–Crippen LogP) is 3.47. The number of hydrogen-bond acceptors (Lipinski definition) is 2. The van der Waals surface area contributed by atoms with Crippen LogP contribution in [0.3, 0.4) is 0 Å². The zero-order chi connectivity index (χ0) is 10.3. The summed E-state index contributed by atoms with van der Waals surface area (Å²) in [5.41, 5.74) is 6.29. The van der Waals surface area contributed by atoms with Gasteiger partial charge in [0, 0.05) is 11.7 Å². The second-order valence-corrected chi connectivity index (χ2v) is 4.92. The first-order valence-corrected chi connectivity index (χ1v) is 6.28. The van der Waals surface area contributed by atoms with Crippen molar-refractivity contribution in [3.05, 3.63) is 28.8 Å². The van der Waals surface area contributed by atoms with Gasteiger partial charge >= 0.3 is 0 Å². The van der Waals surface area contributed by atoms with E-state index in [4.69, 9.17) is 0 Å². The van der Waals surface area contributed by atoms with Gasteiger partial charge in [0.05, 0.1) is 0 Å². The summed E-state index contributed by atoms with van der Waals surface area (Å²) >= 11 is 0. The van der Waals surface area contributed by atoms with Gasteiger partial charge in [0.25, 0.3) is 0 Å². The molecule has 1 heterocycles. The van der Waals surface area contributed by atoms with Gasteiger partial charge in [-0.25, -0.2) is 0 Å². The second-order valence-electron chi connectivity index (χ2n) is 4.92. The third-order valence-electron chi connectivity index (χ3n) is 3.82. The van der Waals surface area contributed by atoms with Crippen LogP contribution in [0.4, 0.5) is 5.69 Å². The van der Waals surface area contributed by atoms with Gasteiger partial charge in [-0.1, -0.05) is 25.5 Å². The van der Waals surface area contributed by atoms with Gasteiger partial charge in [0.15, 0.2) is 0 Å². The highest BCUT2D eigenvalue weighted by molar-refractivity contribution is 5.65. The largest absolute Gasteiger partial charge is 0.382 e. The van der Waals surface area contributed by atoms with Crippen LogP contribution in [0.25, 0.3) is 0 Å². The SMILES string of the molecule is CCCC1Cc2ccc3c(c2N1)CCC3.N. The van der Waals surface area contributed by atoms with Crippen molar-refractivity contribution < 1.29 is 0 Å². The number of aryl methyl sites for hydroxylation is 1. The van der Waals surface area contributed by atoms with Gasteiger partial charge in [-0.15, -0.1) is 0 Å². The number of anilines is 1. The molecule has 0 saturated carbocycles. The fraction of sp³-hybridized carbons (Fsp3) is 0.571. The van der Waals surface area contributed by atoms with Crippen LogP contribution in [0.5, 0.6) is 0 Å². The maximum Gasteiger partial charge on any atom is 0.0411 e. The molecule has 1 aromatic rings. The first kappa shape index (κ1) is 11.5. The Morgan fingerprint density at radius 2 is 2.06 bits per heavy atom. The first-order valence-electron chi connectivity index (χ1n) is 6.28. The molecule has 0 spiro atoms. The fourth-order valence-corrected chi connectivity index (χ4v) is 3.11. The molecule has 1 aliphatic carbocycles. The lowest BCUT2D eigenvalue weighted by atomic mass is 10.0. The van der Waals surface area contributed by atoms with Crippen LogP contribution < -0.4 is 11.5 Å². The van der Waals surface area contributed by atoms with Crippen LogP contribution in [0.15, 0.2) is 12.1 Å². The van der Waals surface area contributed by atoms with E-state index in [1.165, 1.54) is 44.2 Å². The molecule has 0 aromatic heterocycles. The Kier molecular flexibility index (Phi) is 3.20. The molecule has 3 rings (SSSR count). The molecule has 2 nitrogen and oxygen atoms in total. The smallest absolute Gasteiger partial charge is 0.0411 e. The highest BCUT2D eigenvalue weighted by atomic mass is 15.0. The van der Waals surface area contributed by atoms with Crippen LogP contribution in [-0.4, -0.2) is 6.04 Å². The topological polar surface area (TPSA) is 47.0 Å². The molecule has 1 unspecified atom stereocenters. The van der Waals surface area contributed by atoms with Crippen LogP contribution in [0.1, 0.15) is 42.9 Å². The number of fused-ring (bicyclic) bond motifs is 3.